The van der Waals surface area contributed by atoms with E-state index in [1.807, 2.05) is 12.1 Å². The first-order valence-corrected chi connectivity index (χ1v) is 5.23. The molecule has 0 heterocycles. The zero-order chi connectivity index (χ0) is 11.4. The van der Waals surface area contributed by atoms with Gasteiger partial charge in [0.25, 0.3) is 0 Å². The number of nitrogens with two attached hydrogens (primary N) is 1. The fraction of sp³-hybridized carbons (Fsp3) is 0.273. The Morgan fingerprint density at radius 3 is 2.53 bits per heavy atom. The largest absolute Gasteiger partial charge is 0.493 e. The SMILES string of the molecule is C=C(CN)c1ccc(OC)c(OC)c1Br. The van der Waals surface area contributed by atoms with E-state index in [1.54, 1.807) is 14.2 Å². The molecule has 0 fully saturated rings. The summed E-state index contributed by atoms with van der Waals surface area (Å²) in [5.41, 5.74) is 7.33. The molecule has 0 radical (unpaired) electrons. The first kappa shape index (κ1) is 12.1. The molecular weight excluding hydrogens is 258 g/mol. The molecule has 0 aliphatic heterocycles. The first-order valence-electron chi connectivity index (χ1n) is 4.44. The maximum atomic E-state index is 5.54. The second kappa shape index (κ2) is 5.19. The molecule has 0 saturated heterocycles. The quantitative estimate of drug-likeness (QED) is 0.915. The minimum Gasteiger partial charge on any atom is -0.493 e. The third-order valence-corrected chi connectivity index (χ3v) is 2.90. The van der Waals surface area contributed by atoms with Crippen LogP contribution in [-0.2, 0) is 0 Å². The molecule has 3 nitrogen and oxygen atoms in total. The highest BCUT2D eigenvalue weighted by Gasteiger charge is 2.13. The number of hydrogen-bond donors (Lipinski definition) is 1. The van der Waals surface area contributed by atoms with Gasteiger partial charge in [0, 0.05) is 6.54 Å². The van der Waals surface area contributed by atoms with Crippen LogP contribution in [0.4, 0.5) is 0 Å². The van der Waals surface area contributed by atoms with Crippen LogP contribution in [0.2, 0.25) is 0 Å². The van der Waals surface area contributed by atoms with Crippen LogP contribution in [-0.4, -0.2) is 20.8 Å². The summed E-state index contributed by atoms with van der Waals surface area (Å²) in [4.78, 5) is 0. The summed E-state index contributed by atoms with van der Waals surface area (Å²) in [7, 11) is 3.19. The lowest BCUT2D eigenvalue weighted by atomic mass is 10.1. The van der Waals surface area contributed by atoms with E-state index in [0.29, 0.717) is 18.0 Å². The molecule has 0 spiro atoms. The number of halogens is 1. The van der Waals surface area contributed by atoms with Crippen molar-refractivity contribution in [2.24, 2.45) is 5.73 Å². The number of methoxy groups -OCH3 is 2. The Labute approximate surface area is 98.0 Å². The van der Waals surface area contributed by atoms with Crippen molar-refractivity contribution < 1.29 is 9.47 Å². The van der Waals surface area contributed by atoms with E-state index in [4.69, 9.17) is 15.2 Å². The zero-order valence-electron chi connectivity index (χ0n) is 8.84. The summed E-state index contributed by atoms with van der Waals surface area (Å²) < 4.78 is 11.2. The van der Waals surface area contributed by atoms with Crippen molar-refractivity contribution in [3.05, 3.63) is 28.7 Å². The topological polar surface area (TPSA) is 44.5 Å². The maximum absolute atomic E-state index is 5.54. The molecular formula is C11H14BrNO2. The zero-order valence-corrected chi connectivity index (χ0v) is 10.4. The van der Waals surface area contributed by atoms with Crippen LogP contribution in [0.3, 0.4) is 0 Å². The van der Waals surface area contributed by atoms with Gasteiger partial charge in [0.1, 0.15) is 0 Å². The fourth-order valence-electron chi connectivity index (χ4n) is 1.27. The van der Waals surface area contributed by atoms with Crippen LogP contribution in [0.1, 0.15) is 5.56 Å². The van der Waals surface area contributed by atoms with Crippen LogP contribution >= 0.6 is 15.9 Å². The number of hydrogen-bond acceptors (Lipinski definition) is 3. The fourth-order valence-corrected chi connectivity index (χ4v) is 2.04. The molecule has 1 aromatic rings. The van der Waals surface area contributed by atoms with Crippen molar-refractivity contribution in [3.63, 3.8) is 0 Å². The molecule has 0 aliphatic rings. The molecule has 0 saturated carbocycles. The van der Waals surface area contributed by atoms with E-state index in [0.717, 1.165) is 15.6 Å². The van der Waals surface area contributed by atoms with Crippen LogP contribution in [0.5, 0.6) is 11.5 Å². The molecule has 0 aliphatic carbocycles. The van der Waals surface area contributed by atoms with E-state index >= 15 is 0 Å². The molecule has 4 heteroatoms. The summed E-state index contributed by atoms with van der Waals surface area (Å²) in [5, 5.41) is 0. The maximum Gasteiger partial charge on any atom is 0.175 e. The molecule has 0 atom stereocenters. The van der Waals surface area contributed by atoms with E-state index in [-0.39, 0.29) is 0 Å². The lowest BCUT2D eigenvalue weighted by Crippen LogP contribution is -2.02. The average Bonchev–Trinajstić information content (AvgIpc) is 2.27. The Balaban J connectivity index is 3.29. The van der Waals surface area contributed by atoms with Gasteiger partial charge in [-0.05, 0) is 39.2 Å². The molecule has 0 bridgehead atoms. The van der Waals surface area contributed by atoms with Crippen molar-refractivity contribution in [2.45, 2.75) is 0 Å². The standard InChI is InChI=1S/C11H14BrNO2/c1-7(6-13)8-4-5-9(14-2)11(15-3)10(8)12/h4-5H,1,6,13H2,2-3H3. The van der Waals surface area contributed by atoms with E-state index < -0.39 is 0 Å². The van der Waals surface area contributed by atoms with Gasteiger partial charge in [0.15, 0.2) is 11.5 Å². The molecule has 82 valence electrons. The lowest BCUT2D eigenvalue weighted by Gasteiger charge is -2.13. The van der Waals surface area contributed by atoms with Gasteiger partial charge in [-0.3, -0.25) is 0 Å². The van der Waals surface area contributed by atoms with Crippen molar-refractivity contribution in [1.82, 2.24) is 0 Å². The predicted molar refractivity (Wildman–Crippen MR) is 65.3 cm³/mol. The highest BCUT2D eigenvalue weighted by molar-refractivity contribution is 9.10. The number of benzene rings is 1. The highest BCUT2D eigenvalue weighted by atomic mass is 79.9. The van der Waals surface area contributed by atoms with E-state index in [1.165, 1.54) is 0 Å². The van der Waals surface area contributed by atoms with Crippen LogP contribution in [0, 0.1) is 0 Å². The predicted octanol–water partition coefficient (Wildman–Crippen LogP) is 2.44. The van der Waals surface area contributed by atoms with Gasteiger partial charge in [0.05, 0.1) is 18.7 Å². The lowest BCUT2D eigenvalue weighted by molar-refractivity contribution is 0.353. The molecule has 0 unspecified atom stereocenters. The normalized spacial score (nSPS) is 9.87. The summed E-state index contributed by atoms with van der Waals surface area (Å²) in [6.45, 7) is 4.29. The van der Waals surface area contributed by atoms with Crippen molar-refractivity contribution >= 4 is 21.5 Å². The second-order valence-corrected chi connectivity index (χ2v) is 3.76. The third kappa shape index (κ3) is 2.33. The molecule has 2 N–H and O–H groups in total. The van der Waals surface area contributed by atoms with Gasteiger partial charge in [-0.15, -0.1) is 0 Å². The number of ether oxygens (including phenoxy) is 2. The van der Waals surface area contributed by atoms with E-state index in [2.05, 4.69) is 22.5 Å². The Morgan fingerprint density at radius 1 is 1.40 bits per heavy atom. The third-order valence-electron chi connectivity index (χ3n) is 2.11. The molecule has 1 rings (SSSR count). The Kier molecular flexibility index (Phi) is 4.17. The smallest absolute Gasteiger partial charge is 0.175 e. The van der Waals surface area contributed by atoms with Crippen LogP contribution in [0.15, 0.2) is 23.2 Å². The van der Waals surface area contributed by atoms with Gasteiger partial charge in [-0.25, -0.2) is 0 Å². The van der Waals surface area contributed by atoms with Crippen molar-refractivity contribution in [2.75, 3.05) is 20.8 Å². The Morgan fingerprint density at radius 2 is 2.07 bits per heavy atom. The van der Waals surface area contributed by atoms with Gasteiger partial charge in [0.2, 0.25) is 0 Å². The van der Waals surface area contributed by atoms with Gasteiger partial charge in [-0.2, -0.15) is 0 Å². The molecule has 15 heavy (non-hydrogen) atoms. The average molecular weight is 272 g/mol. The summed E-state index contributed by atoms with van der Waals surface area (Å²) in [6.07, 6.45) is 0. The summed E-state index contributed by atoms with van der Waals surface area (Å²) >= 11 is 3.45. The molecule has 0 amide bonds. The minimum atomic E-state index is 0.411. The van der Waals surface area contributed by atoms with Crippen LogP contribution < -0.4 is 15.2 Å². The summed E-state index contributed by atoms with van der Waals surface area (Å²) in [6, 6.07) is 3.74. The van der Waals surface area contributed by atoms with E-state index in [9.17, 15) is 0 Å². The second-order valence-electron chi connectivity index (χ2n) is 2.97. The monoisotopic (exact) mass is 271 g/mol. The van der Waals surface area contributed by atoms with Crippen LogP contribution in [0.25, 0.3) is 5.57 Å². The van der Waals surface area contributed by atoms with Gasteiger partial charge >= 0.3 is 0 Å². The van der Waals surface area contributed by atoms with Gasteiger partial charge < -0.3 is 15.2 Å². The summed E-state index contributed by atoms with van der Waals surface area (Å²) in [5.74, 6) is 1.34. The Bertz CT molecular complexity index is 377. The van der Waals surface area contributed by atoms with Gasteiger partial charge in [-0.1, -0.05) is 6.58 Å². The van der Waals surface area contributed by atoms with Crippen molar-refractivity contribution in [3.8, 4) is 11.5 Å². The first-order chi connectivity index (χ1) is 7.15. The number of rotatable bonds is 4. The Hall–Kier alpha value is -1.00. The molecule has 0 aromatic heterocycles. The minimum absolute atomic E-state index is 0.411. The van der Waals surface area contributed by atoms with Crippen molar-refractivity contribution in [1.29, 1.82) is 0 Å². The highest BCUT2D eigenvalue weighted by Crippen LogP contribution is 2.39. The molecule has 1 aromatic carbocycles.